The second kappa shape index (κ2) is 12.0. The summed E-state index contributed by atoms with van der Waals surface area (Å²) < 4.78 is 11.7. The van der Waals surface area contributed by atoms with Gasteiger partial charge in [0.05, 0.1) is 12.7 Å². The standard InChI is InChI=1S/C24H42N4O2/c1-19(2)17-28-12-13-29-23(18-28)6-5-21-15-25-24(26-16-21)30-14-11-27-9-7-22(8-10-27)20(3)4/h15-16,19-20,22-23H,5-14,17-18H2,1-4H3/t23-/m0/s1. The van der Waals surface area contributed by atoms with E-state index in [0.717, 1.165) is 63.0 Å². The minimum absolute atomic E-state index is 0.313. The van der Waals surface area contributed by atoms with E-state index in [1.54, 1.807) is 0 Å². The van der Waals surface area contributed by atoms with Crippen molar-refractivity contribution < 1.29 is 9.47 Å². The van der Waals surface area contributed by atoms with Gasteiger partial charge in [-0.1, -0.05) is 27.7 Å². The van der Waals surface area contributed by atoms with E-state index in [9.17, 15) is 0 Å². The first kappa shape index (κ1) is 23.4. The van der Waals surface area contributed by atoms with Gasteiger partial charge in [-0.25, -0.2) is 9.97 Å². The van der Waals surface area contributed by atoms with E-state index in [0.29, 0.717) is 24.6 Å². The SMILES string of the molecule is CC(C)CN1CCO[C@@H](CCc2cnc(OCCN3CCC(C(C)C)CC3)nc2)C1. The van der Waals surface area contributed by atoms with Gasteiger partial charge in [0.15, 0.2) is 0 Å². The van der Waals surface area contributed by atoms with E-state index >= 15 is 0 Å². The van der Waals surface area contributed by atoms with Crippen molar-refractivity contribution in [1.29, 1.82) is 0 Å². The first-order valence-corrected chi connectivity index (χ1v) is 12.0. The molecule has 2 aliphatic heterocycles. The van der Waals surface area contributed by atoms with Crippen LogP contribution in [0, 0.1) is 17.8 Å². The molecule has 30 heavy (non-hydrogen) atoms. The Labute approximate surface area is 183 Å². The number of hydrogen-bond acceptors (Lipinski definition) is 6. The van der Waals surface area contributed by atoms with Crippen molar-refractivity contribution in [2.75, 3.05) is 52.5 Å². The zero-order chi connectivity index (χ0) is 21.3. The molecule has 1 aromatic rings. The van der Waals surface area contributed by atoms with Crippen molar-refractivity contribution in [2.24, 2.45) is 17.8 Å². The highest BCUT2D eigenvalue weighted by Gasteiger charge is 2.22. The lowest BCUT2D eigenvalue weighted by atomic mass is 9.87. The van der Waals surface area contributed by atoms with Gasteiger partial charge in [-0.05, 0) is 62.1 Å². The van der Waals surface area contributed by atoms with Crippen LogP contribution in [0.25, 0.3) is 0 Å². The number of nitrogens with zero attached hydrogens (tertiary/aromatic N) is 4. The van der Waals surface area contributed by atoms with E-state index in [1.807, 2.05) is 12.4 Å². The predicted octanol–water partition coefficient (Wildman–Crippen LogP) is 3.51. The molecule has 0 spiro atoms. The summed E-state index contributed by atoms with van der Waals surface area (Å²) in [4.78, 5) is 13.8. The van der Waals surface area contributed by atoms with Crippen molar-refractivity contribution in [3.05, 3.63) is 18.0 Å². The lowest BCUT2D eigenvalue weighted by Gasteiger charge is -2.34. The number of aromatic nitrogens is 2. The Morgan fingerprint density at radius 1 is 1.07 bits per heavy atom. The number of aryl methyl sites for hydroxylation is 1. The number of rotatable bonds is 10. The minimum Gasteiger partial charge on any atom is -0.462 e. The molecule has 0 amide bonds. The lowest BCUT2D eigenvalue weighted by molar-refractivity contribution is -0.0348. The number of likely N-dealkylation sites (tertiary alicyclic amines) is 1. The van der Waals surface area contributed by atoms with Gasteiger partial charge in [0.25, 0.3) is 0 Å². The molecule has 0 aromatic carbocycles. The fraction of sp³-hybridized carbons (Fsp3) is 0.833. The van der Waals surface area contributed by atoms with Crippen molar-refractivity contribution >= 4 is 0 Å². The predicted molar refractivity (Wildman–Crippen MR) is 121 cm³/mol. The molecule has 0 N–H and O–H groups in total. The van der Waals surface area contributed by atoms with Gasteiger partial charge in [0.1, 0.15) is 6.61 Å². The van der Waals surface area contributed by atoms with Crippen LogP contribution in [0.15, 0.2) is 12.4 Å². The quantitative estimate of drug-likeness (QED) is 0.580. The van der Waals surface area contributed by atoms with Crippen LogP contribution in [0.3, 0.4) is 0 Å². The first-order valence-electron chi connectivity index (χ1n) is 12.0. The molecule has 0 saturated carbocycles. The maximum absolute atomic E-state index is 5.95. The number of ether oxygens (including phenoxy) is 2. The van der Waals surface area contributed by atoms with Crippen LogP contribution in [0.5, 0.6) is 6.01 Å². The van der Waals surface area contributed by atoms with E-state index in [1.165, 1.54) is 25.9 Å². The van der Waals surface area contributed by atoms with Gasteiger partial charge in [-0.3, -0.25) is 9.80 Å². The molecule has 0 radical (unpaired) electrons. The average Bonchev–Trinajstić information content (AvgIpc) is 2.73. The van der Waals surface area contributed by atoms with Gasteiger partial charge in [-0.15, -0.1) is 0 Å². The monoisotopic (exact) mass is 418 g/mol. The molecule has 1 aromatic heterocycles. The largest absolute Gasteiger partial charge is 0.462 e. The van der Waals surface area contributed by atoms with Crippen molar-refractivity contribution in [1.82, 2.24) is 19.8 Å². The van der Waals surface area contributed by atoms with Gasteiger partial charge >= 0.3 is 6.01 Å². The van der Waals surface area contributed by atoms with Gasteiger partial charge in [0.2, 0.25) is 0 Å². The molecule has 2 saturated heterocycles. The third kappa shape index (κ3) is 7.78. The molecule has 2 aliphatic rings. The van der Waals surface area contributed by atoms with Gasteiger partial charge in [0, 0.05) is 38.6 Å². The van der Waals surface area contributed by atoms with Crippen LogP contribution in [0.4, 0.5) is 0 Å². The number of morpholine rings is 1. The molecule has 1 atom stereocenters. The van der Waals surface area contributed by atoms with E-state index in [2.05, 4.69) is 47.5 Å². The Morgan fingerprint density at radius 3 is 2.47 bits per heavy atom. The van der Waals surface area contributed by atoms with E-state index in [-0.39, 0.29) is 0 Å². The maximum atomic E-state index is 5.95. The summed E-state index contributed by atoms with van der Waals surface area (Å²) in [6, 6.07) is 0.493. The highest BCUT2D eigenvalue weighted by atomic mass is 16.5. The summed E-state index contributed by atoms with van der Waals surface area (Å²) in [7, 11) is 0. The smallest absolute Gasteiger partial charge is 0.316 e. The van der Waals surface area contributed by atoms with Crippen LogP contribution >= 0.6 is 0 Å². The summed E-state index contributed by atoms with van der Waals surface area (Å²) in [6.07, 6.45) is 8.71. The fourth-order valence-electron chi connectivity index (χ4n) is 4.62. The highest BCUT2D eigenvalue weighted by molar-refractivity contribution is 5.08. The molecule has 0 unspecified atom stereocenters. The summed E-state index contributed by atoms with van der Waals surface area (Å²) >= 11 is 0. The Hall–Kier alpha value is -1.24. The second-order valence-corrected chi connectivity index (χ2v) is 9.83. The zero-order valence-electron chi connectivity index (χ0n) is 19.6. The van der Waals surface area contributed by atoms with E-state index < -0.39 is 0 Å². The Bertz CT molecular complexity index is 600. The molecule has 0 aliphatic carbocycles. The topological polar surface area (TPSA) is 50.7 Å². The summed E-state index contributed by atoms with van der Waals surface area (Å²) in [6.45, 7) is 17.3. The summed E-state index contributed by atoms with van der Waals surface area (Å²) in [5, 5.41) is 0. The van der Waals surface area contributed by atoms with Crippen molar-refractivity contribution in [3.63, 3.8) is 0 Å². The molecular formula is C24H42N4O2. The van der Waals surface area contributed by atoms with Crippen LogP contribution in [-0.4, -0.2) is 78.4 Å². The Kier molecular flexibility index (Phi) is 9.34. The molecule has 3 rings (SSSR count). The second-order valence-electron chi connectivity index (χ2n) is 9.83. The van der Waals surface area contributed by atoms with Gasteiger partial charge in [-0.2, -0.15) is 0 Å². The van der Waals surface area contributed by atoms with Gasteiger partial charge < -0.3 is 9.47 Å². The molecule has 6 nitrogen and oxygen atoms in total. The normalized spacial score (nSPS) is 22.1. The van der Waals surface area contributed by atoms with Crippen LogP contribution in [0.1, 0.15) is 52.5 Å². The van der Waals surface area contributed by atoms with Crippen LogP contribution in [0.2, 0.25) is 0 Å². The first-order chi connectivity index (χ1) is 14.5. The summed E-state index contributed by atoms with van der Waals surface area (Å²) in [5.74, 6) is 2.39. The minimum atomic E-state index is 0.313. The lowest BCUT2D eigenvalue weighted by Crippen LogP contribution is -2.44. The average molecular weight is 419 g/mol. The number of piperidine rings is 1. The van der Waals surface area contributed by atoms with Crippen LogP contribution < -0.4 is 4.74 Å². The Morgan fingerprint density at radius 2 is 1.80 bits per heavy atom. The molecule has 2 fully saturated rings. The van der Waals surface area contributed by atoms with Crippen molar-refractivity contribution in [2.45, 2.75) is 59.5 Å². The molecule has 0 bridgehead atoms. The Balaban J connectivity index is 1.32. The van der Waals surface area contributed by atoms with E-state index in [4.69, 9.17) is 9.47 Å². The summed E-state index contributed by atoms with van der Waals surface area (Å²) in [5.41, 5.74) is 1.16. The molecule has 170 valence electrons. The van der Waals surface area contributed by atoms with Crippen molar-refractivity contribution in [3.8, 4) is 6.01 Å². The molecule has 6 heteroatoms. The third-order valence-electron chi connectivity index (χ3n) is 6.50. The fourth-order valence-corrected chi connectivity index (χ4v) is 4.62. The zero-order valence-corrected chi connectivity index (χ0v) is 19.6. The molecule has 3 heterocycles. The highest BCUT2D eigenvalue weighted by Crippen LogP contribution is 2.24. The maximum Gasteiger partial charge on any atom is 0.316 e. The number of hydrogen-bond donors (Lipinski definition) is 0. The third-order valence-corrected chi connectivity index (χ3v) is 6.50. The van der Waals surface area contributed by atoms with Crippen LogP contribution in [-0.2, 0) is 11.2 Å². The molecular weight excluding hydrogens is 376 g/mol.